The molecule has 3 heterocycles. The lowest BCUT2D eigenvalue weighted by Crippen LogP contribution is -2.39. The van der Waals surface area contributed by atoms with Gasteiger partial charge in [-0.15, -0.1) is 0 Å². The summed E-state index contributed by atoms with van der Waals surface area (Å²) in [5.41, 5.74) is 1.85. The first-order valence-electron chi connectivity index (χ1n) is 7.92. The van der Waals surface area contributed by atoms with Gasteiger partial charge in [-0.25, -0.2) is 15.0 Å². The van der Waals surface area contributed by atoms with Crippen molar-refractivity contribution in [2.24, 2.45) is 0 Å². The van der Waals surface area contributed by atoms with Crippen LogP contribution in [0.1, 0.15) is 17.5 Å². The molecule has 24 heavy (non-hydrogen) atoms. The molecular weight excluding hydrogens is 324 g/mol. The molecule has 0 bridgehead atoms. The second kappa shape index (κ2) is 6.34. The first-order chi connectivity index (χ1) is 11.7. The number of nitrogens with zero attached hydrogens (tertiary/aromatic N) is 4. The zero-order valence-corrected chi connectivity index (χ0v) is 14.1. The van der Waals surface area contributed by atoms with Gasteiger partial charge >= 0.3 is 0 Å². The SMILES string of the molecule is Cc1nc(N2CCO[C@@H](c3ccc(Cl)cc3)C2)c2cccnc2n1. The summed E-state index contributed by atoms with van der Waals surface area (Å²) in [6.45, 7) is 4.08. The van der Waals surface area contributed by atoms with Gasteiger partial charge in [0.1, 0.15) is 17.7 Å². The second-order valence-electron chi connectivity index (χ2n) is 5.83. The van der Waals surface area contributed by atoms with E-state index in [0.29, 0.717) is 6.61 Å². The number of hydrogen-bond donors (Lipinski definition) is 0. The molecule has 1 fully saturated rings. The van der Waals surface area contributed by atoms with Crippen molar-refractivity contribution in [2.45, 2.75) is 13.0 Å². The molecule has 6 heteroatoms. The van der Waals surface area contributed by atoms with E-state index in [4.69, 9.17) is 16.3 Å². The smallest absolute Gasteiger partial charge is 0.164 e. The van der Waals surface area contributed by atoms with Gasteiger partial charge in [0, 0.05) is 24.3 Å². The van der Waals surface area contributed by atoms with E-state index in [0.717, 1.165) is 46.4 Å². The third kappa shape index (κ3) is 2.92. The summed E-state index contributed by atoms with van der Waals surface area (Å²) in [7, 11) is 0. The fourth-order valence-corrected chi connectivity index (χ4v) is 3.14. The van der Waals surface area contributed by atoms with Gasteiger partial charge in [-0.1, -0.05) is 23.7 Å². The number of pyridine rings is 1. The van der Waals surface area contributed by atoms with Crippen LogP contribution in [0.3, 0.4) is 0 Å². The van der Waals surface area contributed by atoms with Gasteiger partial charge < -0.3 is 9.64 Å². The van der Waals surface area contributed by atoms with Gasteiger partial charge in [-0.2, -0.15) is 0 Å². The molecule has 1 aliphatic rings. The van der Waals surface area contributed by atoms with E-state index in [2.05, 4.69) is 19.9 Å². The maximum atomic E-state index is 5.98. The Bertz CT molecular complexity index is 869. The number of morpholine rings is 1. The Balaban J connectivity index is 1.68. The summed E-state index contributed by atoms with van der Waals surface area (Å²) in [5.74, 6) is 1.65. The molecule has 0 amide bonds. The van der Waals surface area contributed by atoms with Crippen LogP contribution < -0.4 is 4.90 Å². The first kappa shape index (κ1) is 15.3. The van der Waals surface area contributed by atoms with Crippen LogP contribution in [0.15, 0.2) is 42.6 Å². The van der Waals surface area contributed by atoms with Gasteiger partial charge in [-0.3, -0.25) is 0 Å². The average Bonchev–Trinajstić information content (AvgIpc) is 2.62. The van der Waals surface area contributed by atoms with E-state index in [9.17, 15) is 0 Å². The normalized spacial score (nSPS) is 18.1. The van der Waals surface area contributed by atoms with Gasteiger partial charge in [0.25, 0.3) is 0 Å². The zero-order valence-electron chi connectivity index (χ0n) is 13.3. The van der Waals surface area contributed by atoms with Crippen LogP contribution in [-0.4, -0.2) is 34.6 Å². The molecule has 1 aromatic carbocycles. The van der Waals surface area contributed by atoms with Crippen molar-refractivity contribution in [3.8, 4) is 0 Å². The molecule has 4 rings (SSSR count). The topological polar surface area (TPSA) is 51.1 Å². The van der Waals surface area contributed by atoms with Crippen molar-refractivity contribution in [3.63, 3.8) is 0 Å². The van der Waals surface area contributed by atoms with Crippen molar-refractivity contribution < 1.29 is 4.74 Å². The Morgan fingerprint density at radius 3 is 2.83 bits per heavy atom. The van der Waals surface area contributed by atoms with E-state index in [1.54, 1.807) is 6.20 Å². The average molecular weight is 341 g/mol. The molecule has 0 saturated carbocycles. The number of hydrogen-bond acceptors (Lipinski definition) is 5. The van der Waals surface area contributed by atoms with E-state index in [-0.39, 0.29) is 6.10 Å². The molecule has 0 aliphatic carbocycles. The van der Waals surface area contributed by atoms with Crippen LogP contribution in [0.4, 0.5) is 5.82 Å². The molecule has 2 aromatic heterocycles. The van der Waals surface area contributed by atoms with Crippen LogP contribution in [-0.2, 0) is 4.74 Å². The molecule has 1 aliphatic heterocycles. The molecule has 3 aromatic rings. The molecule has 122 valence electrons. The summed E-state index contributed by atoms with van der Waals surface area (Å²) in [6.07, 6.45) is 1.76. The number of fused-ring (bicyclic) bond motifs is 1. The van der Waals surface area contributed by atoms with E-state index >= 15 is 0 Å². The van der Waals surface area contributed by atoms with E-state index in [1.165, 1.54) is 0 Å². The van der Waals surface area contributed by atoms with Crippen molar-refractivity contribution in [3.05, 3.63) is 59.0 Å². The number of anilines is 1. The minimum atomic E-state index is -0.00184. The molecule has 1 atom stereocenters. The van der Waals surface area contributed by atoms with Crippen LogP contribution in [0.5, 0.6) is 0 Å². The summed E-state index contributed by atoms with van der Waals surface area (Å²) in [6, 6.07) is 11.8. The Morgan fingerprint density at radius 2 is 2.00 bits per heavy atom. The zero-order chi connectivity index (χ0) is 16.5. The van der Waals surface area contributed by atoms with Crippen molar-refractivity contribution in [1.29, 1.82) is 0 Å². The molecule has 1 saturated heterocycles. The molecule has 5 nitrogen and oxygen atoms in total. The van der Waals surface area contributed by atoms with Crippen molar-refractivity contribution >= 4 is 28.5 Å². The highest BCUT2D eigenvalue weighted by Crippen LogP contribution is 2.29. The number of ether oxygens (including phenoxy) is 1. The lowest BCUT2D eigenvalue weighted by atomic mass is 10.1. The van der Waals surface area contributed by atoms with E-state index in [1.807, 2.05) is 43.3 Å². The number of aromatic nitrogens is 3. The maximum absolute atomic E-state index is 5.98. The number of rotatable bonds is 2. The fourth-order valence-electron chi connectivity index (χ4n) is 3.01. The molecule has 0 N–H and O–H groups in total. The second-order valence-corrected chi connectivity index (χ2v) is 6.26. The molecule has 0 radical (unpaired) electrons. The Morgan fingerprint density at radius 1 is 1.17 bits per heavy atom. The van der Waals surface area contributed by atoms with Crippen LogP contribution >= 0.6 is 11.6 Å². The number of aryl methyl sites for hydroxylation is 1. The van der Waals surface area contributed by atoms with Crippen LogP contribution in [0.25, 0.3) is 11.0 Å². The van der Waals surface area contributed by atoms with Gasteiger partial charge in [-0.05, 0) is 36.8 Å². The van der Waals surface area contributed by atoms with E-state index < -0.39 is 0 Å². The Kier molecular flexibility index (Phi) is 4.04. The Labute approximate surface area is 145 Å². The predicted molar refractivity (Wildman–Crippen MR) is 94.4 cm³/mol. The predicted octanol–water partition coefficient (Wildman–Crippen LogP) is 3.56. The third-order valence-corrected chi connectivity index (χ3v) is 4.42. The standard InChI is InChI=1S/C18H17ClN4O/c1-12-21-17-15(3-2-8-20-17)18(22-12)23-9-10-24-16(11-23)13-4-6-14(19)7-5-13/h2-8,16H,9-11H2,1H3/t16-/m1/s1. The van der Waals surface area contributed by atoms with Gasteiger partial charge in [0.05, 0.1) is 12.0 Å². The quantitative estimate of drug-likeness (QED) is 0.714. The first-order valence-corrected chi connectivity index (χ1v) is 8.30. The monoisotopic (exact) mass is 340 g/mol. The lowest BCUT2D eigenvalue weighted by Gasteiger charge is -2.34. The fraction of sp³-hybridized carbons (Fsp3) is 0.278. The Hall–Kier alpha value is -2.24. The third-order valence-electron chi connectivity index (χ3n) is 4.17. The van der Waals surface area contributed by atoms with Crippen molar-refractivity contribution in [2.75, 3.05) is 24.6 Å². The van der Waals surface area contributed by atoms with Gasteiger partial charge in [0.15, 0.2) is 5.65 Å². The highest BCUT2D eigenvalue weighted by molar-refractivity contribution is 6.30. The molecule has 0 spiro atoms. The molecular formula is C18H17ClN4O. The highest BCUT2D eigenvalue weighted by Gasteiger charge is 2.24. The maximum Gasteiger partial charge on any atom is 0.164 e. The van der Waals surface area contributed by atoms with Crippen LogP contribution in [0.2, 0.25) is 5.02 Å². The number of benzene rings is 1. The van der Waals surface area contributed by atoms with Gasteiger partial charge in [0.2, 0.25) is 0 Å². The molecule has 0 unspecified atom stereocenters. The highest BCUT2D eigenvalue weighted by atomic mass is 35.5. The van der Waals surface area contributed by atoms with Crippen LogP contribution in [0, 0.1) is 6.92 Å². The minimum Gasteiger partial charge on any atom is -0.370 e. The summed E-state index contributed by atoms with van der Waals surface area (Å²) < 4.78 is 5.95. The summed E-state index contributed by atoms with van der Waals surface area (Å²) >= 11 is 5.98. The van der Waals surface area contributed by atoms with Crippen molar-refractivity contribution in [1.82, 2.24) is 15.0 Å². The largest absolute Gasteiger partial charge is 0.370 e. The lowest BCUT2D eigenvalue weighted by molar-refractivity contribution is 0.0396. The summed E-state index contributed by atoms with van der Waals surface area (Å²) in [4.78, 5) is 15.7. The number of halogens is 1. The minimum absolute atomic E-state index is 0.00184. The summed E-state index contributed by atoms with van der Waals surface area (Å²) in [5, 5.41) is 1.70.